The molecule has 2 rings (SSSR count). The Balaban J connectivity index is 1.69. The van der Waals surface area contributed by atoms with Crippen molar-refractivity contribution in [1.82, 2.24) is 5.16 Å². The van der Waals surface area contributed by atoms with Crippen LogP contribution in [0.15, 0.2) is 40.9 Å². The zero-order chi connectivity index (χ0) is 14.9. The summed E-state index contributed by atoms with van der Waals surface area (Å²) in [5.41, 5.74) is 1.92. The molecule has 2 aromatic rings. The Hall–Kier alpha value is -2.14. The van der Waals surface area contributed by atoms with Crippen molar-refractivity contribution in [3.8, 4) is 0 Å². The number of aromatic nitrogens is 1. The van der Waals surface area contributed by atoms with E-state index in [0.29, 0.717) is 32.0 Å². The number of nitrogens with zero attached hydrogens (tertiary/aromatic N) is 1. The van der Waals surface area contributed by atoms with Gasteiger partial charge in [0.2, 0.25) is 0 Å². The molecule has 21 heavy (non-hydrogen) atoms. The van der Waals surface area contributed by atoms with Gasteiger partial charge in [0.25, 0.3) is 0 Å². The van der Waals surface area contributed by atoms with Gasteiger partial charge in [0.15, 0.2) is 0 Å². The number of carbonyl (C=O) groups is 1. The molecule has 5 nitrogen and oxygen atoms in total. The number of benzene rings is 1. The second-order valence-corrected chi connectivity index (χ2v) is 4.55. The lowest BCUT2D eigenvalue weighted by atomic mass is 10.2. The van der Waals surface area contributed by atoms with Crippen molar-refractivity contribution in [1.29, 1.82) is 0 Å². The summed E-state index contributed by atoms with van der Waals surface area (Å²) in [4.78, 5) is 11.3. The van der Waals surface area contributed by atoms with Crippen molar-refractivity contribution in [3.63, 3.8) is 0 Å². The van der Waals surface area contributed by atoms with Gasteiger partial charge in [-0.3, -0.25) is 4.79 Å². The second-order valence-electron chi connectivity index (χ2n) is 4.55. The first-order valence-corrected chi connectivity index (χ1v) is 6.99. The maximum atomic E-state index is 11.3. The van der Waals surface area contributed by atoms with Crippen LogP contribution in [-0.4, -0.2) is 24.3 Å². The van der Waals surface area contributed by atoms with E-state index >= 15 is 0 Å². The molecule has 1 aromatic heterocycles. The van der Waals surface area contributed by atoms with Gasteiger partial charge in [-0.05, 0) is 12.5 Å². The van der Waals surface area contributed by atoms with Crippen LogP contribution in [0.1, 0.15) is 23.9 Å². The van der Waals surface area contributed by atoms with Gasteiger partial charge in [0, 0.05) is 12.5 Å². The molecule has 0 saturated heterocycles. The Labute approximate surface area is 123 Å². The van der Waals surface area contributed by atoms with E-state index in [2.05, 4.69) is 5.16 Å². The molecule has 0 aliphatic rings. The Bertz CT molecular complexity index is 550. The molecule has 0 saturated carbocycles. The maximum Gasteiger partial charge on any atom is 0.313 e. The summed E-state index contributed by atoms with van der Waals surface area (Å²) < 4.78 is 15.5. The lowest BCUT2D eigenvalue weighted by molar-refractivity contribution is -0.142. The monoisotopic (exact) mass is 289 g/mol. The van der Waals surface area contributed by atoms with Gasteiger partial charge >= 0.3 is 5.97 Å². The van der Waals surface area contributed by atoms with Crippen LogP contribution in [0.25, 0.3) is 0 Å². The molecule has 112 valence electrons. The molecule has 0 spiro atoms. The van der Waals surface area contributed by atoms with Crippen LogP contribution >= 0.6 is 0 Å². The zero-order valence-corrected chi connectivity index (χ0v) is 12.1. The molecule has 1 aromatic carbocycles. The Morgan fingerprint density at radius 3 is 2.86 bits per heavy atom. The van der Waals surface area contributed by atoms with Crippen LogP contribution in [-0.2, 0) is 33.7 Å². The summed E-state index contributed by atoms with van der Waals surface area (Å²) >= 11 is 0. The van der Waals surface area contributed by atoms with Gasteiger partial charge in [0.1, 0.15) is 12.2 Å². The summed E-state index contributed by atoms with van der Waals surface area (Å²) in [5.74, 6) is 0.215. The van der Waals surface area contributed by atoms with Crippen molar-refractivity contribution in [2.45, 2.75) is 26.4 Å². The van der Waals surface area contributed by atoms with Crippen LogP contribution in [0.3, 0.4) is 0 Å². The molecule has 0 radical (unpaired) electrons. The van der Waals surface area contributed by atoms with E-state index in [9.17, 15) is 4.79 Å². The maximum absolute atomic E-state index is 11.3. The third-order valence-electron chi connectivity index (χ3n) is 2.85. The Morgan fingerprint density at radius 2 is 2.10 bits per heavy atom. The summed E-state index contributed by atoms with van der Waals surface area (Å²) in [6, 6.07) is 11.8. The fraction of sp³-hybridized carbons (Fsp3) is 0.375. The minimum absolute atomic E-state index is 0.117. The molecular formula is C16H19NO4. The standard InChI is InChI=1S/C16H19NO4/c1-2-20-16(18)11-15-10-14(17-21-15)8-9-19-12-13-6-4-3-5-7-13/h3-7,10H,2,8-9,11-12H2,1H3. The molecule has 0 atom stereocenters. The summed E-state index contributed by atoms with van der Waals surface area (Å²) in [6.45, 7) is 3.27. The summed E-state index contributed by atoms with van der Waals surface area (Å²) in [7, 11) is 0. The van der Waals surface area contributed by atoms with Crippen molar-refractivity contribution < 1.29 is 18.8 Å². The van der Waals surface area contributed by atoms with Crippen LogP contribution in [0, 0.1) is 0 Å². The van der Waals surface area contributed by atoms with E-state index in [4.69, 9.17) is 14.0 Å². The highest BCUT2D eigenvalue weighted by molar-refractivity contribution is 5.71. The third kappa shape index (κ3) is 5.39. The fourth-order valence-electron chi connectivity index (χ4n) is 1.85. The van der Waals surface area contributed by atoms with Crippen LogP contribution in [0.2, 0.25) is 0 Å². The second kappa shape index (κ2) is 8.21. The molecule has 5 heteroatoms. The lowest BCUT2D eigenvalue weighted by Crippen LogP contribution is -2.06. The average Bonchev–Trinajstić information content (AvgIpc) is 2.92. The number of hydrogen-bond donors (Lipinski definition) is 0. The van der Waals surface area contributed by atoms with E-state index in [1.165, 1.54) is 0 Å². The van der Waals surface area contributed by atoms with Gasteiger partial charge < -0.3 is 14.0 Å². The van der Waals surface area contributed by atoms with E-state index in [1.54, 1.807) is 13.0 Å². The van der Waals surface area contributed by atoms with E-state index in [-0.39, 0.29) is 12.4 Å². The molecule has 0 unspecified atom stereocenters. The van der Waals surface area contributed by atoms with Gasteiger partial charge in [-0.2, -0.15) is 0 Å². The van der Waals surface area contributed by atoms with Gasteiger partial charge in [-0.15, -0.1) is 0 Å². The van der Waals surface area contributed by atoms with E-state index in [0.717, 1.165) is 11.3 Å². The molecule has 0 aliphatic carbocycles. The normalized spacial score (nSPS) is 10.5. The highest BCUT2D eigenvalue weighted by atomic mass is 16.5. The van der Waals surface area contributed by atoms with Crippen molar-refractivity contribution in [2.24, 2.45) is 0 Å². The van der Waals surface area contributed by atoms with Crippen molar-refractivity contribution in [2.75, 3.05) is 13.2 Å². The summed E-state index contributed by atoms with van der Waals surface area (Å²) in [5, 5.41) is 3.91. The van der Waals surface area contributed by atoms with E-state index in [1.807, 2.05) is 30.3 Å². The molecule has 1 heterocycles. The van der Waals surface area contributed by atoms with Crippen molar-refractivity contribution >= 4 is 5.97 Å². The van der Waals surface area contributed by atoms with Gasteiger partial charge in [0.05, 0.1) is 25.5 Å². The number of esters is 1. The van der Waals surface area contributed by atoms with Crippen LogP contribution in [0.5, 0.6) is 0 Å². The first kappa shape index (κ1) is 15.3. The first-order chi connectivity index (χ1) is 10.3. The molecule has 0 bridgehead atoms. The highest BCUT2D eigenvalue weighted by Crippen LogP contribution is 2.07. The lowest BCUT2D eigenvalue weighted by Gasteiger charge is -2.02. The van der Waals surface area contributed by atoms with Crippen LogP contribution < -0.4 is 0 Å². The topological polar surface area (TPSA) is 61.6 Å². The number of rotatable bonds is 8. The zero-order valence-electron chi connectivity index (χ0n) is 12.1. The minimum atomic E-state index is -0.305. The van der Waals surface area contributed by atoms with Gasteiger partial charge in [-0.25, -0.2) is 0 Å². The van der Waals surface area contributed by atoms with E-state index < -0.39 is 0 Å². The Morgan fingerprint density at radius 1 is 1.29 bits per heavy atom. The SMILES string of the molecule is CCOC(=O)Cc1cc(CCOCc2ccccc2)no1. The fourth-order valence-corrected chi connectivity index (χ4v) is 1.85. The highest BCUT2D eigenvalue weighted by Gasteiger charge is 2.10. The number of ether oxygens (including phenoxy) is 2. The molecular weight excluding hydrogens is 270 g/mol. The summed E-state index contributed by atoms with van der Waals surface area (Å²) in [6.07, 6.45) is 0.769. The quantitative estimate of drug-likeness (QED) is 0.552. The largest absolute Gasteiger partial charge is 0.466 e. The van der Waals surface area contributed by atoms with Crippen LogP contribution in [0.4, 0.5) is 0 Å². The smallest absolute Gasteiger partial charge is 0.313 e. The average molecular weight is 289 g/mol. The minimum Gasteiger partial charge on any atom is -0.466 e. The predicted molar refractivity (Wildman–Crippen MR) is 76.6 cm³/mol. The number of carbonyl (C=O) groups excluding carboxylic acids is 1. The third-order valence-corrected chi connectivity index (χ3v) is 2.85. The molecule has 0 aliphatic heterocycles. The Kier molecular flexibility index (Phi) is 5.97. The predicted octanol–water partition coefficient (Wildman–Crippen LogP) is 2.54. The number of hydrogen-bond acceptors (Lipinski definition) is 5. The molecule has 0 amide bonds. The molecule has 0 N–H and O–H groups in total. The van der Waals surface area contributed by atoms with Crippen molar-refractivity contribution in [3.05, 3.63) is 53.4 Å². The molecule has 0 fully saturated rings. The first-order valence-electron chi connectivity index (χ1n) is 6.99. The van der Waals surface area contributed by atoms with Gasteiger partial charge in [-0.1, -0.05) is 35.5 Å².